The Hall–Kier alpha value is -1.68. The van der Waals surface area contributed by atoms with Crippen LogP contribution in [0, 0.1) is 0 Å². The Labute approximate surface area is 126 Å². The van der Waals surface area contributed by atoms with E-state index in [9.17, 15) is 0 Å². The molecule has 1 atom stereocenters. The van der Waals surface area contributed by atoms with E-state index in [0.717, 1.165) is 10.0 Å². The average Bonchev–Trinajstić information content (AvgIpc) is 2.50. The fourth-order valence-corrected chi connectivity index (χ4v) is 2.79. The van der Waals surface area contributed by atoms with Gasteiger partial charge >= 0.3 is 0 Å². The van der Waals surface area contributed by atoms with Gasteiger partial charge in [0.15, 0.2) is 0 Å². The van der Waals surface area contributed by atoms with Crippen LogP contribution in [-0.2, 0) is 0 Å². The summed E-state index contributed by atoms with van der Waals surface area (Å²) in [5.74, 6) is 5.80. The lowest BCUT2D eigenvalue weighted by molar-refractivity contribution is 0.641. The van der Waals surface area contributed by atoms with E-state index >= 15 is 0 Å². The van der Waals surface area contributed by atoms with Crippen molar-refractivity contribution < 1.29 is 0 Å². The van der Waals surface area contributed by atoms with Gasteiger partial charge in [0.1, 0.15) is 0 Å². The minimum Gasteiger partial charge on any atom is -0.271 e. The number of nitrogens with one attached hydrogen (secondary N) is 1. The minimum atomic E-state index is -0.0193. The fraction of sp³-hybridized carbons (Fsp3) is 0.0588. The van der Waals surface area contributed by atoms with E-state index in [1.165, 1.54) is 16.3 Å². The molecule has 0 spiro atoms. The first-order valence-corrected chi connectivity index (χ1v) is 7.28. The van der Waals surface area contributed by atoms with E-state index in [-0.39, 0.29) is 6.04 Å². The molecule has 2 nitrogen and oxygen atoms in total. The van der Waals surface area contributed by atoms with Gasteiger partial charge in [-0.3, -0.25) is 5.84 Å². The predicted octanol–water partition coefficient (Wildman–Crippen LogP) is 4.16. The second kappa shape index (κ2) is 5.75. The number of benzene rings is 3. The van der Waals surface area contributed by atoms with Crippen LogP contribution < -0.4 is 11.3 Å². The first-order valence-electron chi connectivity index (χ1n) is 6.49. The van der Waals surface area contributed by atoms with E-state index in [0.29, 0.717) is 0 Å². The summed E-state index contributed by atoms with van der Waals surface area (Å²) in [5, 5.41) is 2.45. The Bertz CT molecular complexity index is 717. The molecule has 3 N–H and O–H groups in total. The number of halogens is 1. The van der Waals surface area contributed by atoms with E-state index in [1.807, 2.05) is 12.1 Å². The van der Waals surface area contributed by atoms with Gasteiger partial charge in [0.05, 0.1) is 6.04 Å². The molecule has 0 saturated carbocycles. The molecule has 3 aromatic rings. The summed E-state index contributed by atoms with van der Waals surface area (Å²) in [6.45, 7) is 0. The van der Waals surface area contributed by atoms with Crippen molar-refractivity contribution in [2.75, 3.05) is 0 Å². The first kappa shape index (κ1) is 13.3. The van der Waals surface area contributed by atoms with Gasteiger partial charge < -0.3 is 0 Å². The van der Waals surface area contributed by atoms with Gasteiger partial charge in [-0.25, -0.2) is 5.43 Å². The smallest absolute Gasteiger partial charge is 0.0716 e. The van der Waals surface area contributed by atoms with Crippen molar-refractivity contribution in [1.29, 1.82) is 0 Å². The number of hydrogen-bond donors (Lipinski definition) is 2. The van der Waals surface area contributed by atoms with Crippen molar-refractivity contribution in [1.82, 2.24) is 5.43 Å². The van der Waals surface area contributed by atoms with Crippen molar-refractivity contribution in [3.63, 3.8) is 0 Å². The molecule has 0 aliphatic carbocycles. The van der Waals surface area contributed by atoms with Gasteiger partial charge in [0.25, 0.3) is 0 Å². The molecular weight excluding hydrogens is 312 g/mol. The molecular formula is C17H15BrN2. The Balaban J connectivity index is 2.14. The lowest BCUT2D eigenvalue weighted by Crippen LogP contribution is -2.28. The SMILES string of the molecule is NNC(c1ccc(Br)cc1)c1cccc2ccccc12. The molecule has 0 aromatic heterocycles. The summed E-state index contributed by atoms with van der Waals surface area (Å²) in [6.07, 6.45) is 0. The minimum absolute atomic E-state index is 0.0193. The Morgan fingerprint density at radius 2 is 1.55 bits per heavy atom. The van der Waals surface area contributed by atoms with Crippen molar-refractivity contribution >= 4 is 26.7 Å². The van der Waals surface area contributed by atoms with Gasteiger partial charge in [-0.05, 0) is 34.0 Å². The van der Waals surface area contributed by atoms with Crippen LogP contribution in [0.15, 0.2) is 71.2 Å². The lowest BCUT2D eigenvalue weighted by atomic mass is 9.94. The zero-order valence-electron chi connectivity index (χ0n) is 10.9. The topological polar surface area (TPSA) is 38.0 Å². The summed E-state index contributed by atoms with van der Waals surface area (Å²) in [7, 11) is 0. The van der Waals surface area contributed by atoms with Crippen LogP contribution in [0.4, 0.5) is 0 Å². The zero-order chi connectivity index (χ0) is 13.9. The van der Waals surface area contributed by atoms with Crippen molar-refractivity contribution in [2.45, 2.75) is 6.04 Å². The number of hydrogen-bond acceptors (Lipinski definition) is 2. The molecule has 3 heteroatoms. The quantitative estimate of drug-likeness (QED) is 0.560. The molecule has 1 unspecified atom stereocenters. The maximum atomic E-state index is 5.80. The number of hydrazine groups is 1. The number of rotatable bonds is 3. The zero-order valence-corrected chi connectivity index (χ0v) is 12.5. The molecule has 3 rings (SSSR count). The van der Waals surface area contributed by atoms with Gasteiger partial charge in [0, 0.05) is 4.47 Å². The maximum Gasteiger partial charge on any atom is 0.0716 e. The third-order valence-electron chi connectivity index (χ3n) is 3.50. The normalized spacial score (nSPS) is 12.5. The molecule has 100 valence electrons. The first-order chi connectivity index (χ1) is 9.79. The Morgan fingerprint density at radius 1 is 0.850 bits per heavy atom. The van der Waals surface area contributed by atoms with Gasteiger partial charge in [0.2, 0.25) is 0 Å². The van der Waals surface area contributed by atoms with Gasteiger partial charge in [-0.2, -0.15) is 0 Å². The third-order valence-corrected chi connectivity index (χ3v) is 4.03. The Morgan fingerprint density at radius 3 is 2.30 bits per heavy atom. The molecule has 0 aliphatic heterocycles. The van der Waals surface area contributed by atoms with E-state index < -0.39 is 0 Å². The van der Waals surface area contributed by atoms with Crippen LogP contribution in [0.3, 0.4) is 0 Å². The molecule has 0 aliphatic rings. The highest BCUT2D eigenvalue weighted by molar-refractivity contribution is 9.10. The van der Waals surface area contributed by atoms with Crippen molar-refractivity contribution in [3.05, 3.63) is 82.3 Å². The molecule has 0 heterocycles. The second-order valence-electron chi connectivity index (χ2n) is 4.72. The number of fused-ring (bicyclic) bond motifs is 1. The highest BCUT2D eigenvalue weighted by atomic mass is 79.9. The van der Waals surface area contributed by atoms with Crippen LogP contribution in [0.5, 0.6) is 0 Å². The largest absolute Gasteiger partial charge is 0.271 e. The van der Waals surface area contributed by atoms with E-state index in [4.69, 9.17) is 5.84 Å². The Kier molecular flexibility index (Phi) is 3.83. The molecule has 0 amide bonds. The second-order valence-corrected chi connectivity index (χ2v) is 5.64. The fourth-order valence-electron chi connectivity index (χ4n) is 2.52. The summed E-state index contributed by atoms with van der Waals surface area (Å²) in [4.78, 5) is 0. The molecule has 0 saturated heterocycles. The number of nitrogens with two attached hydrogens (primary N) is 1. The summed E-state index contributed by atoms with van der Waals surface area (Å²) in [6, 6.07) is 22.9. The van der Waals surface area contributed by atoms with Crippen LogP contribution in [0.1, 0.15) is 17.2 Å². The standard InChI is InChI=1S/C17H15BrN2/c18-14-10-8-13(9-11-14)17(20-19)16-7-3-5-12-4-1-2-6-15(12)16/h1-11,17,20H,19H2. The van der Waals surface area contributed by atoms with Gasteiger partial charge in [-0.15, -0.1) is 0 Å². The highest BCUT2D eigenvalue weighted by Crippen LogP contribution is 2.29. The van der Waals surface area contributed by atoms with Crippen LogP contribution in [-0.4, -0.2) is 0 Å². The van der Waals surface area contributed by atoms with Crippen molar-refractivity contribution in [3.8, 4) is 0 Å². The molecule has 0 fully saturated rings. The predicted molar refractivity (Wildman–Crippen MR) is 87.3 cm³/mol. The summed E-state index contributed by atoms with van der Waals surface area (Å²) in [5.41, 5.74) is 5.26. The molecule has 3 aromatic carbocycles. The van der Waals surface area contributed by atoms with Gasteiger partial charge in [-0.1, -0.05) is 70.5 Å². The maximum absolute atomic E-state index is 5.80. The lowest BCUT2D eigenvalue weighted by Gasteiger charge is -2.19. The van der Waals surface area contributed by atoms with Crippen LogP contribution in [0.2, 0.25) is 0 Å². The average molecular weight is 327 g/mol. The molecule has 0 radical (unpaired) electrons. The third kappa shape index (κ3) is 2.48. The summed E-state index contributed by atoms with van der Waals surface area (Å²) >= 11 is 3.46. The van der Waals surface area contributed by atoms with E-state index in [2.05, 4.69) is 76.0 Å². The van der Waals surface area contributed by atoms with Crippen molar-refractivity contribution in [2.24, 2.45) is 5.84 Å². The summed E-state index contributed by atoms with van der Waals surface area (Å²) < 4.78 is 1.06. The van der Waals surface area contributed by atoms with E-state index in [1.54, 1.807) is 0 Å². The van der Waals surface area contributed by atoms with Crippen LogP contribution >= 0.6 is 15.9 Å². The molecule has 20 heavy (non-hydrogen) atoms. The molecule has 0 bridgehead atoms. The highest BCUT2D eigenvalue weighted by Gasteiger charge is 2.14. The monoisotopic (exact) mass is 326 g/mol. The van der Waals surface area contributed by atoms with Crippen LogP contribution in [0.25, 0.3) is 10.8 Å².